The van der Waals surface area contributed by atoms with Crippen molar-refractivity contribution in [2.75, 3.05) is 0 Å². The van der Waals surface area contributed by atoms with Gasteiger partial charge in [0.1, 0.15) is 11.8 Å². The van der Waals surface area contributed by atoms with Crippen LogP contribution in [-0.4, -0.2) is 6.29 Å². The molecule has 0 saturated carbocycles. The highest BCUT2D eigenvalue weighted by molar-refractivity contribution is 7.19. The number of hydrogen-bond acceptors (Lipinski definition) is 4. The van der Waals surface area contributed by atoms with E-state index in [1.807, 2.05) is 17.4 Å². The van der Waals surface area contributed by atoms with E-state index in [1.54, 1.807) is 12.1 Å². The Morgan fingerprint density at radius 2 is 1.44 bits per heavy atom. The molecule has 0 radical (unpaired) electrons. The van der Waals surface area contributed by atoms with E-state index in [0.29, 0.717) is 17.3 Å². The molecule has 0 bridgehead atoms. The Balaban J connectivity index is 1.33. The molecule has 0 aliphatic carbocycles. The lowest BCUT2D eigenvalue weighted by molar-refractivity contribution is 0.112. The number of carbonyl (C=O) groups excluding carboxylic acids is 1. The van der Waals surface area contributed by atoms with Crippen LogP contribution in [0.15, 0.2) is 113 Å². The molecule has 0 spiro atoms. The summed E-state index contributed by atoms with van der Waals surface area (Å²) in [4.78, 5) is 25.1. The molecule has 0 aliphatic heterocycles. The highest BCUT2D eigenvalue weighted by Crippen LogP contribution is 2.35. The fraction of sp³-hybridized carbons (Fsp3) is 0.0625. The predicted molar refractivity (Wildman–Crippen MR) is 147 cm³/mol. The normalized spacial score (nSPS) is 11.2. The summed E-state index contributed by atoms with van der Waals surface area (Å²) in [5.41, 5.74) is 6.06. The highest BCUT2D eigenvalue weighted by Gasteiger charge is 2.14. The van der Waals surface area contributed by atoms with Gasteiger partial charge in [-0.3, -0.25) is 9.59 Å². The minimum absolute atomic E-state index is 0.0318. The highest BCUT2D eigenvalue weighted by atomic mass is 32.1. The molecule has 0 atom stereocenters. The van der Waals surface area contributed by atoms with E-state index >= 15 is 0 Å². The van der Waals surface area contributed by atoms with Crippen LogP contribution in [0.1, 0.15) is 31.9 Å². The minimum atomic E-state index is -0.306. The van der Waals surface area contributed by atoms with Gasteiger partial charge < -0.3 is 4.42 Å². The van der Waals surface area contributed by atoms with Gasteiger partial charge in [-0.25, -0.2) is 0 Å². The number of rotatable bonds is 6. The zero-order valence-corrected chi connectivity index (χ0v) is 20.3. The molecule has 0 amide bonds. The van der Waals surface area contributed by atoms with Crippen molar-refractivity contribution in [1.82, 2.24) is 0 Å². The van der Waals surface area contributed by atoms with Crippen LogP contribution >= 0.6 is 11.3 Å². The first kappa shape index (κ1) is 22.2. The number of aldehydes is 1. The fourth-order valence-corrected chi connectivity index (χ4v) is 5.95. The Kier molecular flexibility index (Phi) is 5.80. The topological polar surface area (TPSA) is 47.3 Å². The summed E-state index contributed by atoms with van der Waals surface area (Å²) < 4.78 is 6.76. The van der Waals surface area contributed by atoms with Crippen LogP contribution in [0.4, 0.5) is 0 Å². The first-order valence-corrected chi connectivity index (χ1v) is 12.6. The fourth-order valence-electron chi connectivity index (χ4n) is 4.69. The smallest absolute Gasteiger partial charge is 0.203 e. The van der Waals surface area contributed by atoms with E-state index < -0.39 is 0 Å². The van der Waals surface area contributed by atoms with Crippen molar-refractivity contribution in [2.45, 2.75) is 12.8 Å². The molecular weight excluding hydrogens is 464 g/mol. The molecule has 0 fully saturated rings. The van der Waals surface area contributed by atoms with Crippen molar-refractivity contribution in [3.05, 3.63) is 141 Å². The van der Waals surface area contributed by atoms with Gasteiger partial charge in [-0.2, -0.15) is 0 Å². The average Bonchev–Trinajstić information content (AvgIpc) is 3.26. The van der Waals surface area contributed by atoms with Gasteiger partial charge in [0, 0.05) is 16.0 Å². The van der Waals surface area contributed by atoms with Crippen molar-refractivity contribution < 1.29 is 9.21 Å². The second kappa shape index (κ2) is 9.40. The largest absolute Gasteiger partial charge is 0.463 e. The number of thiophene rings is 1. The Labute approximate surface area is 212 Å². The lowest BCUT2D eigenvalue weighted by Crippen LogP contribution is -2.07. The number of carbonyl (C=O) groups is 1. The summed E-state index contributed by atoms with van der Waals surface area (Å²) in [6.45, 7) is 0. The van der Waals surface area contributed by atoms with Crippen LogP contribution < -0.4 is 5.43 Å². The molecule has 2 aromatic heterocycles. The predicted octanol–water partition coefficient (Wildman–Crippen LogP) is 7.67. The van der Waals surface area contributed by atoms with Crippen molar-refractivity contribution in [2.24, 2.45) is 0 Å². The van der Waals surface area contributed by atoms with E-state index in [9.17, 15) is 9.59 Å². The standard InChI is InChI=1S/C32H22O3S/c33-19-25-20-35-29-15-14-24(18-28(29)32(25)34)23-12-10-22(11-13-23)16-27-26-8-4-5-9-30(26)36-31(27)17-21-6-2-1-3-7-21/h1-15,18-20H,16-17H2. The second-order valence-electron chi connectivity index (χ2n) is 8.88. The van der Waals surface area contributed by atoms with Gasteiger partial charge in [0.15, 0.2) is 6.29 Å². The molecular formula is C32H22O3S. The van der Waals surface area contributed by atoms with Crippen LogP contribution in [0.25, 0.3) is 32.2 Å². The maximum absolute atomic E-state index is 12.6. The van der Waals surface area contributed by atoms with Crippen LogP contribution in [0.5, 0.6) is 0 Å². The number of benzene rings is 4. The Morgan fingerprint density at radius 1 is 0.722 bits per heavy atom. The number of hydrogen-bond donors (Lipinski definition) is 0. The summed E-state index contributed by atoms with van der Waals surface area (Å²) in [7, 11) is 0. The van der Waals surface area contributed by atoms with Gasteiger partial charge in [-0.1, -0.05) is 78.9 Å². The van der Waals surface area contributed by atoms with E-state index in [4.69, 9.17) is 4.42 Å². The second-order valence-corrected chi connectivity index (χ2v) is 10.0. The molecule has 0 aliphatic rings. The van der Waals surface area contributed by atoms with E-state index in [1.165, 1.54) is 37.9 Å². The van der Waals surface area contributed by atoms with Gasteiger partial charge in [0.05, 0.1) is 10.9 Å². The van der Waals surface area contributed by atoms with Gasteiger partial charge in [-0.15, -0.1) is 11.3 Å². The van der Waals surface area contributed by atoms with Crippen molar-refractivity contribution in [3.8, 4) is 11.1 Å². The molecule has 6 rings (SSSR count). The Hall–Kier alpha value is -4.28. The SMILES string of the molecule is O=Cc1coc2ccc(-c3ccc(Cc4c(Cc5ccccc5)sc5ccccc45)cc3)cc2c1=O. The van der Waals surface area contributed by atoms with Crippen LogP contribution in [-0.2, 0) is 12.8 Å². The van der Waals surface area contributed by atoms with Crippen molar-refractivity contribution in [1.29, 1.82) is 0 Å². The number of fused-ring (bicyclic) bond motifs is 2. The molecule has 4 aromatic carbocycles. The molecule has 6 aromatic rings. The molecule has 36 heavy (non-hydrogen) atoms. The van der Waals surface area contributed by atoms with Gasteiger partial charge >= 0.3 is 0 Å². The molecule has 3 nitrogen and oxygen atoms in total. The average molecular weight is 487 g/mol. The quantitative estimate of drug-likeness (QED) is 0.227. The molecule has 174 valence electrons. The maximum Gasteiger partial charge on any atom is 0.203 e. The lowest BCUT2D eigenvalue weighted by atomic mass is 9.97. The third-order valence-electron chi connectivity index (χ3n) is 6.58. The first-order valence-electron chi connectivity index (χ1n) is 11.8. The van der Waals surface area contributed by atoms with Gasteiger partial charge in [0.25, 0.3) is 0 Å². The summed E-state index contributed by atoms with van der Waals surface area (Å²) in [6, 6.07) is 33.3. The molecule has 0 N–H and O–H groups in total. The van der Waals surface area contributed by atoms with Crippen molar-refractivity contribution >= 4 is 38.7 Å². The summed E-state index contributed by atoms with van der Waals surface area (Å²) in [5, 5.41) is 1.74. The van der Waals surface area contributed by atoms with Crippen LogP contribution in [0.3, 0.4) is 0 Å². The molecule has 0 saturated heterocycles. The third-order valence-corrected chi connectivity index (χ3v) is 7.80. The van der Waals surface area contributed by atoms with Gasteiger partial charge in [-0.05, 0) is 57.8 Å². The van der Waals surface area contributed by atoms with E-state index in [2.05, 4.69) is 78.9 Å². The third kappa shape index (κ3) is 4.16. The summed E-state index contributed by atoms with van der Waals surface area (Å²) in [5.74, 6) is 0. The van der Waals surface area contributed by atoms with Crippen LogP contribution in [0, 0.1) is 0 Å². The minimum Gasteiger partial charge on any atom is -0.463 e. The van der Waals surface area contributed by atoms with Crippen LogP contribution in [0.2, 0.25) is 0 Å². The summed E-state index contributed by atoms with van der Waals surface area (Å²) in [6.07, 6.45) is 3.53. The monoisotopic (exact) mass is 486 g/mol. The molecule has 2 heterocycles. The molecule has 4 heteroatoms. The van der Waals surface area contributed by atoms with Crippen molar-refractivity contribution in [3.63, 3.8) is 0 Å². The Morgan fingerprint density at radius 3 is 2.25 bits per heavy atom. The summed E-state index contributed by atoms with van der Waals surface area (Å²) >= 11 is 1.88. The van der Waals surface area contributed by atoms with E-state index in [-0.39, 0.29) is 11.0 Å². The lowest BCUT2D eigenvalue weighted by Gasteiger charge is -2.08. The molecule has 0 unspecified atom stereocenters. The van der Waals surface area contributed by atoms with Gasteiger partial charge in [0.2, 0.25) is 5.43 Å². The first-order chi connectivity index (χ1) is 17.7. The van der Waals surface area contributed by atoms with E-state index in [0.717, 1.165) is 24.0 Å². The zero-order valence-electron chi connectivity index (χ0n) is 19.4. The maximum atomic E-state index is 12.6. The zero-order chi connectivity index (χ0) is 24.5. The Bertz CT molecular complexity index is 1760.